The molecule has 0 radical (unpaired) electrons. The maximum Gasteiger partial charge on any atom is 0.323 e. The molecule has 0 spiro atoms. The average molecular weight is 767 g/mol. The van der Waals surface area contributed by atoms with Crippen LogP contribution in [-0.2, 0) is 6.42 Å². The number of alkyl halides is 1. The van der Waals surface area contributed by atoms with Gasteiger partial charge in [0.05, 0.1) is 22.4 Å². The van der Waals surface area contributed by atoms with Crippen molar-refractivity contribution in [2.45, 2.75) is 26.2 Å². The van der Waals surface area contributed by atoms with E-state index >= 15 is 0 Å². The highest BCUT2D eigenvalue weighted by molar-refractivity contribution is 6.19. The smallest absolute Gasteiger partial charge is 0.323 e. The Morgan fingerprint density at radius 2 is 1.30 bits per heavy atom. The van der Waals surface area contributed by atoms with E-state index in [1.54, 1.807) is 70.5 Å². The number of phenols is 2. The predicted octanol–water partition coefficient (Wildman–Crippen LogP) is 8.47. The number of hydrogen-bond acceptors (Lipinski definition) is 5. The maximum atomic E-state index is 13.9. The molecule has 0 saturated heterocycles. The summed E-state index contributed by atoms with van der Waals surface area (Å²) >= 11 is 6.40. The van der Waals surface area contributed by atoms with Crippen LogP contribution in [0.3, 0.4) is 0 Å². The largest absolute Gasteiger partial charge is 0.506 e. The van der Waals surface area contributed by atoms with Crippen molar-refractivity contribution in [3.8, 4) is 11.5 Å². The number of phenolic OH excluding ortho intramolecular Hbond substituents is 2. The summed E-state index contributed by atoms with van der Waals surface area (Å²) in [6.45, 7) is 4.82. The molecule has 4 amide bonds. The van der Waals surface area contributed by atoms with Crippen molar-refractivity contribution >= 4 is 95.8 Å². The van der Waals surface area contributed by atoms with E-state index in [9.17, 15) is 24.6 Å². The summed E-state index contributed by atoms with van der Waals surface area (Å²) in [5.74, 6) is -0.0629. The zero-order valence-electron chi connectivity index (χ0n) is 30.2. The van der Waals surface area contributed by atoms with Crippen LogP contribution in [0.25, 0.3) is 43.6 Å². The summed E-state index contributed by atoms with van der Waals surface area (Å²) in [7, 11) is 0. The number of aromatic amines is 4. The van der Waals surface area contributed by atoms with Gasteiger partial charge in [-0.2, -0.15) is 0 Å². The van der Waals surface area contributed by atoms with Gasteiger partial charge in [0.1, 0.15) is 22.9 Å². The van der Waals surface area contributed by atoms with Gasteiger partial charge in [0.15, 0.2) is 0 Å². The number of urea groups is 1. The molecule has 0 aliphatic carbocycles. The third kappa shape index (κ3) is 5.11. The Labute approximate surface area is 323 Å². The van der Waals surface area contributed by atoms with Crippen molar-refractivity contribution in [1.82, 2.24) is 19.9 Å². The van der Waals surface area contributed by atoms with Crippen LogP contribution in [0.2, 0.25) is 0 Å². The Morgan fingerprint density at radius 3 is 1.91 bits per heavy atom. The molecule has 56 heavy (non-hydrogen) atoms. The number of aromatic hydroxyl groups is 2. The van der Waals surface area contributed by atoms with Gasteiger partial charge in [-0.05, 0) is 91.1 Å². The van der Waals surface area contributed by atoms with Crippen molar-refractivity contribution in [3.63, 3.8) is 0 Å². The molecule has 0 bridgehead atoms. The van der Waals surface area contributed by atoms with Gasteiger partial charge in [-0.3, -0.25) is 9.59 Å². The second-order valence-electron chi connectivity index (χ2n) is 14.7. The monoisotopic (exact) mass is 766 g/mol. The van der Waals surface area contributed by atoms with E-state index in [0.29, 0.717) is 70.6 Å². The fourth-order valence-corrected chi connectivity index (χ4v) is 8.91. The summed E-state index contributed by atoms with van der Waals surface area (Å²) in [6, 6.07) is 17.0. The van der Waals surface area contributed by atoms with E-state index in [-0.39, 0.29) is 29.2 Å². The van der Waals surface area contributed by atoms with Gasteiger partial charge in [0.25, 0.3) is 11.8 Å². The molecule has 2 aliphatic heterocycles. The molecule has 4 aromatic heterocycles. The van der Waals surface area contributed by atoms with Gasteiger partial charge in [0.2, 0.25) is 0 Å². The van der Waals surface area contributed by atoms with Crippen LogP contribution < -0.4 is 20.4 Å². The van der Waals surface area contributed by atoms with E-state index in [2.05, 4.69) is 30.6 Å². The fourth-order valence-electron chi connectivity index (χ4n) is 8.66. The second kappa shape index (κ2) is 12.3. The molecule has 4 aromatic carbocycles. The first-order valence-electron chi connectivity index (χ1n) is 18.3. The van der Waals surface area contributed by atoms with Crippen molar-refractivity contribution in [1.29, 1.82) is 0 Å². The molecule has 1 atom stereocenters. The second-order valence-corrected chi connectivity index (χ2v) is 15.0. The number of anilines is 4. The van der Waals surface area contributed by atoms with E-state index in [1.165, 1.54) is 0 Å². The molecule has 14 heteroatoms. The standard InChI is InChI=1S/C42H35ClN8O5/c1-19-16-44-38-33(52)13-31-26(35(19)38)7-8-50(31)40(54)29-11-21-9-24(3-5-27(21)48-29)46-42(56)47-25-4-6-28-22(10-25)12-30(49-28)41(55)51-18-23(15-43)37-32(51)14-34(53)39-36(37)20(2)17-45-39/h3-6,9-14,16-17,23,44-45,48-49,52-53H,7-8,15,18H2,1-2H3,(H2,46,47,56). The third-order valence-electron chi connectivity index (χ3n) is 11.2. The number of amides is 4. The summed E-state index contributed by atoms with van der Waals surface area (Å²) in [5, 5.41) is 30.5. The summed E-state index contributed by atoms with van der Waals surface area (Å²) in [4.78, 5) is 56.8. The lowest BCUT2D eigenvalue weighted by molar-refractivity contribution is 0.0977. The van der Waals surface area contributed by atoms with Crippen LogP contribution in [0.1, 0.15) is 49.1 Å². The van der Waals surface area contributed by atoms with Gasteiger partial charge in [-0.25, -0.2) is 4.79 Å². The Balaban J connectivity index is 0.844. The minimum atomic E-state index is -0.464. The van der Waals surface area contributed by atoms with Gasteiger partial charge in [-0.15, -0.1) is 11.6 Å². The molecule has 0 fully saturated rings. The first kappa shape index (κ1) is 33.7. The molecular weight excluding hydrogens is 732 g/mol. The quantitative estimate of drug-likeness (QED) is 0.0816. The lowest BCUT2D eigenvalue weighted by Crippen LogP contribution is -2.30. The number of hydrogen-bond donors (Lipinski definition) is 8. The number of nitrogens with zero attached hydrogens (tertiary/aromatic N) is 2. The van der Waals surface area contributed by atoms with Crippen LogP contribution in [0.15, 0.2) is 73.1 Å². The normalized spacial score (nSPS) is 15.0. The number of carbonyl (C=O) groups is 3. The number of rotatable bonds is 5. The molecule has 0 saturated carbocycles. The molecule has 13 nitrogen and oxygen atoms in total. The molecule has 10 rings (SSSR count). The van der Waals surface area contributed by atoms with E-state index in [0.717, 1.165) is 54.8 Å². The highest BCUT2D eigenvalue weighted by Gasteiger charge is 2.36. The number of fused-ring (bicyclic) bond motifs is 8. The minimum absolute atomic E-state index is 0.0682. The summed E-state index contributed by atoms with van der Waals surface area (Å²) in [6.07, 6.45) is 4.39. The number of halogens is 1. The number of carbonyl (C=O) groups excluding carboxylic acids is 3. The van der Waals surface area contributed by atoms with Crippen LogP contribution in [0.4, 0.5) is 27.5 Å². The van der Waals surface area contributed by atoms with Crippen molar-refractivity contribution in [3.05, 3.63) is 107 Å². The fraction of sp³-hybridized carbons (Fsp3) is 0.167. The zero-order chi connectivity index (χ0) is 38.6. The molecular formula is C42H35ClN8O5. The Bertz CT molecular complexity index is 2990. The Hall–Kier alpha value is -6.86. The van der Waals surface area contributed by atoms with Gasteiger partial charge >= 0.3 is 6.03 Å². The predicted molar refractivity (Wildman–Crippen MR) is 219 cm³/mol. The number of aryl methyl sites for hydroxylation is 2. The Morgan fingerprint density at radius 1 is 0.750 bits per heavy atom. The van der Waals surface area contributed by atoms with Gasteiger partial charge in [0, 0.05) is 93.4 Å². The highest BCUT2D eigenvalue weighted by Crippen LogP contribution is 2.47. The van der Waals surface area contributed by atoms with Crippen molar-refractivity contribution < 1.29 is 24.6 Å². The lowest BCUT2D eigenvalue weighted by atomic mass is 9.97. The Kier molecular flexibility index (Phi) is 7.42. The van der Waals surface area contributed by atoms with Crippen LogP contribution in [-0.4, -0.2) is 67.0 Å². The first-order chi connectivity index (χ1) is 27.1. The summed E-state index contributed by atoms with van der Waals surface area (Å²) in [5.41, 5.74) is 9.90. The lowest BCUT2D eigenvalue weighted by Gasteiger charge is -2.17. The van der Waals surface area contributed by atoms with Crippen LogP contribution in [0, 0.1) is 13.8 Å². The first-order valence-corrected chi connectivity index (χ1v) is 18.8. The number of benzene rings is 4. The molecule has 280 valence electrons. The van der Waals surface area contributed by atoms with Gasteiger partial charge in [-0.1, -0.05) is 0 Å². The maximum absolute atomic E-state index is 13.9. The summed E-state index contributed by atoms with van der Waals surface area (Å²) < 4.78 is 0. The van der Waals surface area contributed by atoms with Crippen molar-refractivity contribution in [2.24, 2.45) is 0 Å². The van der Waals surface area contributed by atoms with E-state index < -0.39 is 6.03 Å². The molecule has 8 aromatic rings. The zero-order valence-corrected chi connectivity index (χ0v) is 31.0. The molecule has 1 unspecified atom stereocenters. The van der Waals surface area contributed by atoms with E-state index in [1.807, 2.05) is 26.2 Å². The number of H-pyrrole nitrogens is 4. The molecule has 8 N–H and O–H groups in total. The van der Waals surface area contributed by atoms with Crippen molar-refractivity contribution in [2.75, 3.05) is 39.4 Å². The third-order valence-corrected chi connectivity index (χ3v) is 11.6. The highest BCUT2D eigenvalue weighted by atomic mass is 35.5. The average Bonchev–Trinajstić information content (AvgIpc) is 4.03. The molecule has 2 aliphatic rings. The van der Waals surface area contributed by atoms with Crippen LogP contribution in [0.5, 0.6) is 11.5 Å². The minimum Gasteiger partial charge on any atom is -0.506 e. The van der Waals surface area contributed by atoms with Gasteiger partial charge < -0.3 is 50.6 Å². The number of nitrogens with one attached hydrogen (secondary N) is 6. The molecule has 6 heterocycles. The van der Waals surface area contributed by atoms with E-state index in [4.69, 9.17) is 11.6 Å². The topological polar surface area (TPSA) is 185 Å². The van der Waals surface area contributed by atoms with Crippen LogP contribution >= 0.6 is 11.6 Å². The SMILES string of the molecule is Cc1c[nH]c2c(O)cc3c(c12)CCN3C(=O)c1cc2cc(NC(=O)Nc3ccc4[nH]c(C(=O)N5CC(CCl)c6c5cc(O)c5[nH]cc(C)c65)cc4c3)ccc2[nH]1. The number of aromatic nitrogens is 4.